The summed E-state index contributed by atoms with van der Waals surface area (Å²) < 4.78 is 5.25. The quantitative estimate of drug-likeness (QED) is 0.616. The number of piperidine rings is 2. The normalized spacial score (nSPS) is 24.6. The van der Waals surface area contributed by atoms with Crippen LogP contribution in [0.4, 0.5) is 11.4 Å². The van der Waals surface area contributed by atoms with Crippen molar-refractivity contribution < 1.29 is 14.5 Å². The highest BCUT2D eigenvalue weighted by molar-refractivity contribution is 5.86. The first kappa shape index (κ1) is 16.6. The van der Waals surface area contributed by atoms with Crippen LogP contribution in [0.3, 0.4) is 0 Å². The standard InChI is InChI=1S/C20H20N2O4/c1-26-17-9-6-14(7-10-17)21-16-8-11-18(19(23)12-16)20(21)13-2-4-15(5-3-13)22(24)25/h2-7,9-10,16,18,20H,8,11-12H2,1H3/t16-,18+,20?/m0/s1. The molecule has 134 valence electrons. The number of ether oxygens (including phenoxy) is 1. The zero-order valence-corrected chi connectivity index (χ0v) is 14.5. The fourth-order valence-electron chi connectivity index (χ4n) is 4.32. The second-order valence-electron chi connectivity index (χ2n) is 6.91. The molecule has 1 saturated carbocycles. The molecule has 3 atom stereocenters. The van der Waals surface area contributed by atoms with Crippen LogP contribution < -0.4 is 9.64 Å². The predicted molar refractivity (Wildman–Crippen MR) is 97.4 cm³/mol. The molecular weight excluding hydrogens is 332 g/mol. The Hall–Kier alpha value is -2.89. The lowest BCUT2D eigenvalue weighted by atomic mass is 9.71. The zero-order chi connectivity index (χ0) is 18.3. The number of methoxy groups -OCH3 is 1. The number of nitro groups is 1. The summed E-state index contributed by atoms with van der Waals surface area (Å²) in [6, 6.07) is 14.6. The van der Waals surface area contributed by atoms with Crippen LogP contribution in [0.2, 0.25) is 0 Å². The van der Waals surface area contributed by atoms with Gasteiger partial charge >= 0.3 is 0 Å². The van der Waals surface area contributed by atoms with Gasteiger partial charge < -0.3 is 9.64 Å². The Bertz CT molecular complexity index is 832. The largest absolute Gasteiger partial charge is 0.497 e. The summed E-state index contributed by atoms with van der Waals surface area (Å²) >= 11 is 0. The Morgan fingerprint density at radius 1 is 1.08 bits per heavy atom. The van der Waals surface area contributed by atoms with Gasteiger partial charge in [0.25, 0.3) is 5.69 Å². The average molecular weight is 352 g/mol. The lowest BCUT2D eigenvalue weighted by Crippen LogP contribution is -2.54. The van der Waals surface area contributed by atoms with Gasteiger partial charge in [0.05, 0.1) is 18.1 Å². The monoisotopic (exact) mass is 352 g/mol. The van der Waals surface area contributed by atoms with Gasteiger partial charge in [0.15, 0.2) is 0 Å². The number of carbonyl (C=O) groups is 1. The van der Waals surface area contributed by atoms with Crippen molar-refractivity contribution in [3.63, 3.8) is 0 Å². The Labute approximate surface area is 151 Å². The number of carbonyl (C=O) groups excluding carboxylic acids is 1. The summed E-state index contributed by atoms with van der Waals surface area (Å²) in [6.45, 7) is 0. The van der Waals surface area contributed by atoms with E-state index in [9.17, 15) is 14.9 Å². The van der Waals surface area contributed by atoms with Crippen LogP contribution >= 0.6 is 0 Å². The molecule has 6 heteroatoms. The number of rotatable bonds is 4. The number of hydrogen-bond acceptors (Lipinski definition) is 5. The maximum atomic E-state index is 12.5. The van der Waals surface area contributed by atoms with Gasteiger partial charge in [-0.05, 0) is 42.7 Å². The van der Waals surface area contributed by atoms with Gasteiger partial charge in [0.2, 0.25) is 0 Å². The van der Waals surface area contributed by atoms with Crippen molar-refractivity contribution in [2.75, 3.05) is 12.0 Å². The van der Waals surface area contributed by atoms with Crippen LogP contribution in [0, 0.1) is 16.0 Å². The molecule has 0 N–H and O–H groups in total. The first-order chi connectivity index (χ1) is 12.6. The highest BCUT2D eigenvalue weighted by Gasteiger charge is 2.47. The molecule has 1 unspecified atom stereocenters. The van der Waals surface area contributed by atoms with Crippen molar-refractivity contribution in [1.82, 2.24) is 0 Å². The molecule has 2 bridgehead atoms. The second kappa shape index (κ2) is 6.44. The third kappa shape index (κ3) is 2.71. The number of non-ortho nitro benzene ring substituents is 1. The minimum Gasteiger partial charge on any atom is -0.497 e. The number of hydrogen-bond donors (Lipinski definition) is 0. The Morgan fingerprint density at radius 3 is 2.35 bits per heavy atom. The van der Waals surface area contributed by atoms with E-state index in [-0.39, 0.29) is 23.7 Å². The second-order valence-corrected chi connectivity index (χ2v) is 6.91. The summed E-state index contributed by atoms with van der Waals surface area (Å²) in [5.41, 5.74) is 2.07. The molecule has 6 nitrogen and oxygen atoms in total. The Morgan fingerprint density at radius 2 is 1.77 bits per heavy atom. The van der Waals surface area contributed by atoms with Gasteiger partial charge in [-0.15, -0.1) is 0 Å². The molecule has 2 saturated heterocycles. The molecule has 2 aromatic rings. The third-order valence-corrected chi connectivity index (χ3v) is 5.55. The lowest BCUT2D eigenvalue weighted by molar-refractivity contribution is -0.384. The van der Waals surface area contributed by atoms with Gasteiger partial charge in [-0.25, -0.2) is 0 Å². The number of benzene rings is 2. The highest BCUT2D eigenvalue weighted by atomic mass is 16.6. The molecule has 26 heavy (non-hydrogen) atoms. The molecule has 3 fully saturated rings. The minimum atomic E-state index is -0.400. The van der Waals surface area contributed by atoms with Crippen LogP contribution in [0.5, 0.6) is 5.75 Å². The number of Topliss-reactive ketones (excluding diaryl/α,β-unsaturated/α-hetero) is 1. The van der Waals surface area contributed by atoms with Crippen LogP contribution in [-0.2, 0) is 4.79 Å². The topological polar surface area (TPSA) is 72.7 Å². The first-order valence-electron chi connectivity index (χ1n) is 8.78. The van der Waals surface area contributed by atoms with E-state index in [1.54, 1.807) is 19.2 Å². The summed E-state index contributed by atoms with van der Waals surface area (Å²) in [5.74, 6) is 1.02. The van der Waals surface area contributed by atoms with E-state index >= 15 is 0 Å². The summed E-state index contributed by atoms with van der Waals surface area (Å²) in [7, 11) is 1.64. The maximum Gasteiger partial charge on any atom is 0.269 e. The zero-order valence-electron chi connectivity index (χ0n) is 14.5. The molecular formula is C20H20N2O4. The predicted octanol–water partition coefficient (Wildman–Crippen LogP) is 3.90. The maximum absolute atomic E-state index is 12.5. The summed E-state index contributed by atoms with van der Waals surface area (Å²) in [5, 5.41) is 10.9. The van der Waals surface area contributed by atoms with E-state index < -0.39 is 4.92 Å². The van der Waals surface area contributed by atoms with Crippen molar-refractivity contribution in [2.24, 2.45) is 5.92 Å². The van der Waals surface area contributed by atoms with Crippen molar-refractivity contribution in [3.8, 4) is 5.75 Å². The van der Waals surface area contributed by atoms with Crippen molar-refractivity contribution in [2.45, 2.75) is 31.3 Å². The molecule has 2 heterocycles. The van der Waals surface area contributed by atoms with Crippen molar-refractivity contribution in [3.05, 3.63) is 64.2 Å². The number of nitrogens with zero attached hydrogens (tertiary/aromatic N) is 2. The summed E-state index contributed by atoms with van der Waals surface area (Å²) in [6.07, 6.45) is 2.43. The number of nitro benzene ring substituents is 1. The van der Waals surface area contributed by atoms with Gasteiger partial charge in [0, 0.05) is 36.2 Å². The lowest BCUT2D eigenvalue weighted by Gasteiger charge is -2.52. The van der Waals surface area contributed by atoms with Crippen molar-refractivity contribution >= 4 is 17.2 Å². The van der Waals surface area contributed by atoms with Crippen molar-refractivity contribution in [1.29, 1.82) is 0 Å². The van der Waals surface area contributed by atoms with Crippen LogP contribution in [0.15, 0.2) is 48.5 Å². The van der Waals surface area contributed by atoms with Gasteiger partial charge in [-0.3, -0.25) is 14.9 Å². The van der Waals surface area contributed by atoms with E-state index in [4.69, 9.17) is 4.74 Å². The molecule has 0 aromatic heterocycles. The van der Waals surface area contributed by atoms with E-state index in [0.29, 0.717) is 12.2 Å². The fourth-order valence-corrected chi connectivity index (χ4v) is 4.32. The molecule has 0 amide bonds. The number of ketones is 1. The van der Waals surface area contributed by atoms with Gasteiger partial charge in [-0.2, -0.15) is 0 Å². The Balaban J connectivity index is 1.74. The highest BCUT2D eigenvalue weighted by Crippen LogP contribution is 2.48. The van der Waals surface area contributed by atoms with Crippen LogP contribution in [0.25, 0.3) is 0 Å². The Kier molecular flexibility index (Phi) is 4.11. The molecule has 5 rings (SSSR count). The minimum absolute atomic E-state index is 0.0662. The van der Waals surface area contributed by atoms with E-state index in [2.05, 4.69) is 4.90 Å². The molecule has 0 spiro atoms. The SMILES string of the molecule is COc1ccc(N2C(c3ccc([N+](=O)[O-])cc3)[C@@H]3CC[C@H]2CC3=O)cc1. The fraction of sp³-hybridized carbons (Fsp3) is 0.350. The number of anilines is 1. The van der Waals surface area contributed by atoms with Gasteiger partial charge in [0.1, 0.15) is 11.5 Å². The van der Waals surface area contributed by atoms with E-state index in [1.165, 1.54) is 12.1 Å². The first-order valence-corrected chi connectivity index (χ1v) is 8.78. The van der Waals surface area contributed by atoms with Crippen LogP contribution in [0.1, 0.15) is 30.9 Å². The third-order valence-electron chi connectivity index (χ3n) is 5.55. The van der Waals surface area contributed by atoms with E-state index in [1.807, 2.05) is 24.3 Å². The molecule has 0 radical (unpaired) electrons. The number of fused-ring (bicyclic) bond motifs is 3. The van der Waals surface area contributed by atoms with Gasteiger partial charge in [-0.1, -0.05) is 12.1 Å². The smallest absolute Gasteiger partial charge is 0.269 e. The molecule has 2 aromatic carbocycles. The molecule has 1 aliphatic carbocycles. The average Bonchev–Trinajstić information content (AvgIpc) is 2.68. The van der Waals surface area contributed by atoms with Crippen LogP contribution in [-0.4, -0.2) is 23.9 Å². The molecule has 2 aliphatic heterocycles. The molecule has 3 aliphatic rings. The summed E-state index contributed by atoms with van der Waals surface area (Å²) in [4.78, 5) is 25.4. The van der Waals surface area contributed by atoms with E-state index in [0.717, 1.165) is 29.8 Å².